The summed E-state index contributed by atoms with van der Waals surface area (Å²) in [5, 5.41) is 11.3. The second-order valence-corrected chi connectivity index (χ2v) is 6.19. The fourth-order valence-electron chi connectivity index (χ4n) is 2.31. The fourth-order valence-corrected chi connectivity index (χ4v) is 2.96. The van der Waals surface area contributed by atoms with Gasteiger partial charge < -0.3 is 14.6 Å². The van der Waals surface area contributed by atoms with Crippen LogP contribution in [0.4, 0.5) is 0 Å². The molecule has 1 heterocycles. The van der Waals surface area contributed by atoms with Crippen molar-refractivity contribution in [2.45, 2.75) is 13.0 Å². The Morgan fingerprint density at radius 1 is 1.14 bits per heavy atom. The molecule has 2 aromatic rings. The molecule has 1 atom stereocenters. The maximum atomic E-state index is 10.6. The van der Waals surface area contributed by atoms with Gasteiger partial charge in [0.2, 0.25) is 0 Å². The molecule has 0 fully saturated rings. The second-order valence-electron chi connectivity index (χ2n) is 4.93. The van der Waals surface area contributed by atoms with E-state index in [0.717, 1.165) is 21.2 Å². The molecule has 0 saturated heterocycles. The molecule has 0 radical (unpaired) electrons. The highest BCUT2D eigenvalue weighted by Gasteiger charge is 2.20. The van der Waals surface area contributed by atoms with E-state index < -0.39 is 6.10 Å². The van der Waals surface area contributed by atoms with Crippen LogP contribution in [-0.4, -0.2) is 18.3 Å². The van der Waals surface area contributed by atoms with Gasteiger partial charge in [-0.05, 0) is 36.2 Å². The lowest BCUT2D eigenvalue weighted by Gasteiger charge is -2.22. The van der Waals surface area contributed by atoms with Crippen molar-refractivity contribution in [2.24, 2.45) is 0 Å². The maximum Gasteiger partial charge on any atom is 0.162 e. The molecule has 0 amide bonds. The molecule has 0 bridgehead atoms. The summed E-state index contributed by atoms with van der Waals surface area (Å²) in [6, 6.07) is 9.14. The van der Waals surface area contributed by atoms with E-state index in [1.165, 1.54) is 0 Å². The van der Waals surface area contributed by atoms with Gasteiger partial charge in [-0.3, -0.25) is 0 Å². The van der Waals surface area contributed by atoms with Crippen molar-refractivity contribution in [2.75, 3.05) is 13.2 Å². The standard InChI is InChI=1S/C16H14BrClO3/c1-9-6-10(2-3-13(9)18)16(19)11-7-14-15(8-12(11)17)21-5-4-20-14/h2-3,6-8,16,19H,4-5H2,1H3. The lowest BCUT2D eigenvalue weighted by atomic mass is 9.99. The number of fused-ring (bicyclic) bond motifs is 1. The molecule has 1 N–H and O–H groups in total. The van der Waals surface area contributed by atoms with Gasteiger partial charge >= 0.3 is 0 Å². The third-order valence-electron chi connectivity index (χ3n) is 3.45. The molecule has 3 rings (SSSR count). The first-order valence-electron chi connectivity index (χ1n) is 6.59. The summed E-state index contributed by atoms with van der Waals surface area (Å²) in [5.41, 5.74) is 2.46. The van der Waals surface area contributed by atoms with Crippen LogP contribution in [0.3, 0.4) is 0 Å². The predicted molar refractivity (Wildman–Crippen MR) is 85.4 cm³/mol. The SMILES string of the molecule is Cc1cc(C(O)c2cc3c(cc2Br)OCCO3)ccc1Cl. The quantitative estimate of drug-likeness (QED) is 0.859. The number of halogens is 2. The summed E-state index contributed by atoms with van der Waals surface area (Å²) in [6.45, 7) is 2.97. The van der Waals surface area contributed by atoms with E-state index in [0.29, 0.717) is 29.7 Å². The Balaban J connectivity index is 2.00. The molecule has 0 aliphatic carbocycles. The molecule has 0 spiro atoms. The summed E-state index contributed by atoms with van der Waals surface area (Å²) in [6.07, 6.45) is -0.758. The first-order valence-corrected chi connectivity index (χ1v) is 7.76. The molecule has 1 unspecified atom stereocenters. The van der Waals surface area contributed by atoms with Gasteiger partial charge in [-0.1, -0.05) is 39.7 Å². The monoisotopic (exact) mass is 368 g/mol. The van der Waals surface area contributed by atoms with Gasteiger partial charge in [0.25, 0.3) is 0 Å². The fraction of sp³-hybridized carbons (Fsp3) is 0.250. The number of benzene rings is 2. The van der Waals surface area contributed by atoms with E-state index in [4.69, 9.17) is 21.1 Å². The van der Waals surface area contributed by atoms with Crippen molar-refractivity contribution in [3.63, 3.8) is 0 Å². The molecular formula is C16H14BrClO3. The Morgan fingerprint density at radius 3 is 2.48 bits per heavy atom. The van der Waals surface area contributed by atoms with Crippen molar-refractivity contribution in [3.05, 3.63) is 56.5 Å². The average Bonchev–Trinajstić information content (AvgIpc) is 2.48. The van der Waals surface area contributed by atoms with Crippen LogP contribution < -0.4 is 9.47 Å². The number of aliphatic hydroxyl groups excluding tert-OH is 1. The van der Waals surface area contributed by atoms with Gasteiger partial charge in [0.15, 0.2) is 11.5 Å². The lowest BCUT2D eigenvalue weighted by Crippen LogP contribution is -2.16. The van der Waals surface area contributed by atoms with Crippen molar-refractivity contribution in [1.29, 1.82) is 0 Å². The molecule has 21 heavy (non-hydrogen) atoms. The number of aryl methyl sites for hydroxylation is 1. The van der Waals surface area contributed by atoms with Gasteiger partial charge in [-0.2, -0.15) is 0 Å². The Morgan fingerprint density at radius 2 is 1.81 bits per heavy atom. The minimum Gasteiger partial charge on any atom is -0.486 e. The summed E-state index contributed by atoms with van der Waals surface area (Å²) < 4.78 is 11.9. The molecule has 1 aliphatic heterocycles. The van der Waals surface area contributed by atoms with Crippen LogP contribution in [0.15, 0.2) is 34.8 Å². The number of hydrogen-bond donors (Lipinski definition) is 1. The second kappa shape index (κ2) is 5.87. The summed E-state index contributed by atoms with van der Waals surface area (Å²) >= 11 is 9.51. The molecule has 0 saturated carbocycles. The minimum atomic E-state index is -0.758. The van der Waals surface area contributed by atoms with E-state index in [-0.39, 0.29) is 0 Å². The van der Waals surface area contributed by atoms with Crippen LogP contribution in [0.2, 0.25) is 5.02 Å². The molecule has 1 aliphatic rings. The molecule has 5 heteroatoms. The van der Waals surface area contributed by atoms with Crippen molar-refractivity contribution < 1.29 is 14.6 Å². The van der Waals surface area contributed by atoms with Crippen molar-refractivity contribution >= 4 is 27.5 Å². The van der Waals surface area contributed by atoms with E-state index >= 15 is 0 Å². The Labute approximate surface area is 136 Å². The van der Waals surface area contributed by atoms with Crippen LogP contribution in [0.1, 0.15) is 22.8 Å². The highest BCUT2D eigenvalue weighted by atomic mass is 79.9. The molecule has 3 nitrogen and oxygen atoms in total. The Kier molecular flexibility index (Phi) is 4.11. The Hall–Kier alpha value is -1.23. The largest absolute Gasteiger partial charge is 0.486 e. The average molecular weight is 370 g/mol. The van der Waals surface area contributed by atoms with E-state index in [2.05, 4.69) is 15.9 Å². The van der Waals surface area contributed by atoms with Gasteiger partial charge in [0.1, 0.15) is 19.3 Å². The first kappa shape index (κ1) is 14.7. The van der Waals surface area contributed by atoms with Crippen LogP contribution in [0.5, 0.6) is 11.5 Å². The molecule has 2 aromatic carbocycles. The number of rotatable bonds is 2. The van der Waals surface area contributed by atoms with Crippen molar-refractivity contribution in [3.8, 4) is 11.5 Å². The summed E-state index contributed by atoms with van der Waals surface area (Å²) in [4.78, 5) is 0. The normalized spacial score (nSPS) is 14.9. The van der Waals surface area contributed by atoms with Crippen LogP contribution in [0.25, 0.3) is 0 Å². The zero-order valence-electron chi connectivity index (χ0n) is 11.4. The lowest BCUT2D eigenvalue weighted by molar-refractivity contribution is 0.169. The summed E-state index contributed by atoms with van der Waals surface area (Å²) in [7, 11) is 0. The molecule has 110 valence electrons. The van der Waals surface area contributed by atoms with Crippen LogP contribution in [-0.2, 0) is 0 Å². The number of hydrogen-bond acceptors (Lipinski definition) is 3. The summed E-state index contributed by atoms with van der Waals surface area (Å²) in [5.74, 6) is 1.35. The topological polar surface area (TPSA) is 38.7 Å². The van der Waals surface area contributed by atoms with E-state index in [9.17, 15) is 5.11 Å². The van der Waals surface area contributed by atoms with Gasteiger partial charge in [-0.25, -0.2) is 0 Å². The molecular weight excluding hydrogens is 356 g/mol. The predicted octanol–water partition coefficient (Wildman–Crippen LogP) is 4.26. The van der Waals surface area contributed by atoms with Gasteiger partial charge in [0.05, 0.1) is 0 Å². The zero-order valence-corrected chi connectivity index (χ0v) is 13.7. The van der Waals surface area contributed by atoms with Crippen LogP contribution in [0, 0.1) is 6.92 Å². The Bertz CT molecular complexity index is 687. The van der Waals surface area contributed by atoms with Crippen molar-refractivity contribution in [1.82, 2.24) is 0 Å². The van der Waals surface area contributed by atoms with Gasteiger partial charge in [-0.15, -0.1) is 0 Å². The number of ether oxygens (including phenoxy) is 2. The van der Waals surface area contributed by atoms with Gasteiger partial charge in [0, 0.05) is 15.1 Å². The highest BCUT2D eigenvalue weighted by Crippen LogP contribution is 2.39. The highest BCUT2D eigenvalue weighted by molar-refractivity contribution is 9.10. The zero-order chi connectivity index (χ0) is 15.0. The number of aliphatic hydroxyl groups is 1. The minimum absolute atomic E-state index is 0.518. The molecule has 0 aromatic heterocycles. The van der Waals surface area contributed by atoms with Crippen LogP contribution >= 0.6 is 27.5 Å². The maximum absolute atomic E-state index is 10.6. The third-order valence-corrected chi connectivity index (χ3v) is 4.56. The van der Waals surface area contributed by atoms with E-state index in [1.807, 2.05) is 31.2 Å². The first-order chi connectivity index (χ1) is 10.1. The van der Waals surface area contributed by atoms with E-state index in [1.54, 1.807) is 6.07 Å². The third kappa shape index (κ3) is 2.89. The smallest absolute Gasteiger partial charge is 0.162 e.